The van der Waals surface area contributed by atoms with Gasteiger partial charge in [-0.2, -0.15) is 0 Å². The number of hydrogen-bond acceptors (Lipinski definition) is 3. The van der Waals surface area contributed by atoms with Crippen molar-refractivity contribution in [2.24, 2.45) is 5.41 Å². The number of rotatable bonds is 1. The van der Waals surface area contributed by atoms with Gasteiger partial charge in [-0.25, -0.2) is 9.97 Å². The zero-order valence-corrected chi connectivity index (χ0v) is 10.8. The number of anilines is 1. The Morgan fingerprint density at radius 1 is 1.33 bits per heavy atom. The molecule has 0 saturated carbocycles. The first-order valence-corrected chi connectivity index (χ1v) is 6.09. The molecule has 0 amide bonds. The lowest BCUT2D eigenvalue weighted by Crippen LogP contribution is -2.40. The lowest BCUT2D eigenvalue weighted by Gasteiger charge is -2.37. The fourth-order valence-corrected chi connectivity index (χ4v) is 2.27. The molecule has 0 bridgehead atoms. The first-order valence-electron chi connectivity index (χ1n) is 5.29. The molecule has 1 saturated heterocycles. The van der Waals surface area contributed by atoms with E-state index in [0.29, 0.717) is 5.41 Å². The summed E-state index contributed by atoms with van der Waals surface area (Å²) in [5.41, 5.74) is 0.384. The lowest BCUT2D eigenvalue weighted by atomic mass is 9.84. The van der Waals surface area contributed by atoms with E-state index in [1.807, 2.05) is 12.4 Å². The molecule has 1 aliphatic heterocycles. The topological polar surface area (TPSA) is 29.0 Å². The summed E-state index contributed by atoms with van der Waals surface area (Å²) in [5.74, 6) is 0.853. The van der Waals surface area contributed by atoms with Crippen molar-refractivity contribution >= 4 is 21.9 Å². The van der Waals surface area contributed by atoms with Gasteiger partial charge in [-0.1, -0.05) is 13.8 Å². The van der Waals surface area contributed by atoms with Crippen LogP contribution in [-0.4, -0.2) is 23.1 Å². The second-order valence-corrected chi connectivity index (χ2v) is 5.81. The van der Waals surface area contributed by atoms with Crippen molar-refractivity contribution in [2.45, 2.75) is 26.7 Å². The highest BCUT2D eigenvalue weighted by atomic mass is 79.9. The van der Waals surface area contributed by atoms with Crippen LogP contribution in [0, 0.1) is 5.41 Å². The molecule has 0 aliphatic carbocycles. The van der Waals surface area contributed by atoms with E-state index in [1.165, 1.54) is 12.8 Å². The van der Waals surface area contributed by atoms with Gasteiger partial charge in [0.15, 0.2) is 0 Å². The molecule has 2 rings (SSSR count). The molecule has 1 aromatic heterocycles. The van der Waals surface area contributed by atoms with Crippen LogP contribution in [0.3, 0.4) is 0 Å². The smallest absolute Gasteiger partial charge is 0.225 e. The number of aromatic nitrogens is 2. The van der Waals surface area contributed by atoms with Crippen molar-refractivity contribution < 1.29 is 0 Å². The van der Waals surface area contributed by atoms with Crippen LogP contribution < -0.4 is 4.90 Å². The zero-order valence-electron chi connectivity index (χ0n) is 9.20. The highest BCUT2D eigenvalue weighted by Crippen LogP contribution is 2.30. The van der Waals surface area contributed by atoms with Crippen LogP contribution in [0.4, 0.5) is 5.95 Å². The van der Waals surface area contributed by atoms with Gasteiger partial charge in [-0.05, 0) is 34.2 Å². The van der Waals surface area contributed by atoms with Crippen LogP contribution in [-0.2, 0) is 0 Å². The number of piperidine rings is 1. The molecular weight excluding hydrogens is 254 g/mol. The molecule has 0 atom stereocenters. The van der Waals surface area contributed by atoms with Crippen molar-refractivity contribution in [3.05, 3.63) is 16.9 Å². The molecule has 0 radical (unpaired) electrons. The van der Waals surface area contributed by atoms with Gasteiger partial charge >= 0.3 is 0 Å². The minimum atomic E-state index is 0.384. The van der Waals surface area contributed by atoms with Crippen LogP contribution in [0.5, 0.6) is 0 Å². The molecule has 0 aromatic carbocycles. The molecule has 2 heterocycles. The maximum atomic E-state index is 4.34. The minimum absolute atomic E-state index is 0.384. The van der Waals surface area contributed by atoms with Crippen LogP contribution in [0.2, 0.25) is 0 Å². The minimum Gasteiger partial charge on any atom is -0.340 e. The summed E-state index contributed by atoms with van der Waals surface area (Å²) in [4.78, 5) is 10.9. The van der Waals surface area contributed by atoms with Gasteiger partial charge in [-0.3, -0.25) is 0 Å². The van der Waals surface area contributed by atoms with Crippen LogP contribution in [0.1, 0.15) is 26.7 Å². The van der Waals surface area contributed by atoms with Gasteiger partial charge in [0.05, 0.1) is 4.47 Å². The highest BCUT2D eigenvalue weighted by molar-refractivity contribution is 9.10. The van der Waals surface area contributed by atoms with E-state index in [1.54, 1.807) is 0 Å². The molecule has 15 heavy (non-hydrogen) atoms. The van der Waals surface area contributed by atoms with Crippen LogP contribution in [0.25, 0.3) is 0 Å². The second kappa shape index (κ2) is 4.08. The van der Waals surface area contributed by atoms with Crippen molar-refractivity contribution in [3.8, 4) is 0 Å². The molecule has 0 N–H and O–H groups in total. The van der Waals surface area contributed by atoms with Gasteiger partial charge in [0.1, 0.15) is 0 Å². The maximum absolute atomic E-state index is 4.34. The van der Waals surface area contributed by atoms with E-state index in [4.69, 9.17) is 0 Å². The Kier molecular flexibility index (Phi) is 2.96. The van der Waals surface area contributed by atoms with Crippen LogP contribution >= 0.6 is 15.9 Å². The molecule has 3 nitrogen and oxygen atoms in total. The third kappa shape index (κ3) is 2.68. The van der Waals surface area contributed by atoms with Crippen molar-refractivity contribution in [2.75, 3.05) is 18.0 Å². The van der Waals surface area contributed by atoms with E-state index in [2.05, 4.69) is 44.6 Å². The lowest BCUT2D eigenvalue weighted by molar-refractivity contribution is 0.291. The Morgan fingerprint density at radius 2 is 2.00 bits per heavy atom. The molecular formula is C11H16BrN3. The quantitative estimate of drug-likeness (QED) is 0.785. The predicted molar refractivity (Wildman–Crippen MR) is 65.0 cm³/mol. The fourth-order valence-electron chi connectivity index (χ4n) is 2.06. The largest absolute Gasteiger partial charge is 0.340 e. The number of nitrogens with zero attached hydrogens (tertiary/aromatic N) is 3. The van der Waals surface area contributed by atoms with E-state index in [9.17, 15) is 0 Å². The fraction of sp³-hybridized carbons (Fsp3) is 0.636. The van der Waals surface area contributed by atoms with Crippen LogP contribution in [0.15, 0.2) is 16.9 Å². The standard InChI is InChI=1S/C11H16BrN3/c1-11(2)4-3-5-15(8-11)10-13-6-9(12)7-14-10/h6-7H,3-5,8H2,1-2H3. The summed E-state index contributed by atoms with van der Waals surface area (Å²) in [5, 5.41) is 0. The normalized spacial score (nSPS) is 20.3. The molecule has 1 aromatic rings. The van der Waals surface area contributed by atoms with Gasteiger partial charge in [-0.15, -0.1) is 0 Å². The van der Waals surface area contributed by atoms with E-state index in [-0.39, 0.29) is 0 Å². The molecule has 0 unspecified atom stereocenters. The summed E-state index contributed by atoms with van der Waals surface area (Å²) < 4.78 is 0.933. The molecule has 1 fully saturated rings. The first kappa shape index (κ1) is 10.9. The summed E-state index contributed by atoms with van der Waals surface area (Å²) in [6.45, 7) is 6.73. The van der Waals surface area contributed by atoms with Gasteiger partial charge in [0.2, 0.25) is 5.95 Å². The van der Waals surface area contributed by atoms with E-state index >= 15 is 0 Å². The van der Waals surface area contributed by atoms with E-state index in [0.717, 1.165) is 23.5 Å². The Hall–Kier alpha value is -0.640. The number of hydrogen-bond donors (Lipinski definition) is 0. The van der Waals surface area contributed by atoms with Crippen molar-refractivity contribution in [1.29, 1.82) is 0 Å². The molecule has 4 heteroatoms. The van der Waals surface area contributed by atoms with Gasteiger partial charge in [0, 0.05) is 25.5 Å². The highest BCUT2D eigenvalue weighted by Gasteiger charge is 2.27. The SMILES string of the molecule is CC1(C)CCCN(c2ncc(Br)cn2)C1. The first-order chi connectivity index (χ1) is 7.07. The van der Waals surface area contributed by atoms with Gasteiger partial charge < -0.3 is 4.90 Å². The van der Waals surface area contributed by atoms with E-state index < -0.39 is 0 Å². The summed E-state index contributed by atoms with van der Waals surface area (Å²) in [7, 11) is 0. The Morgan fingerprint density at radius 3 is 2.60 bits per heavy atom. The van der Waals surface area contributed by atoms with Crippen molar-refractivity contribution in [1.82, 2.24) is 9.97 Å². The molecule has 82 valence electrons. The zero-order chi connectivity index (χ0) is 10.9. The van der Waals surface area contributed by atoms with Crippen molar-refractivity contribution in [3.63, 3.8) is 0 Å². The average Bonchev–Trinajstić information content (AvgIpc) is 2.17. The number of halogens is 1. The predicted octanol–water partition coefficient (Wildman–Crippen LogP) is 2.87. The maximum Gasteiger partial charge on any atom is 0.225 e. The summed E-state index contributed by atoms with van der Waals surface area (Å²) in [6.07, 6.45) is 6.14. The molecule has 1 aliphatic rings. The summed E-state index contributed by atoms with van der Waals surface area (Å²) >= 11 is 3.35. The third-order valence-corrected chi connectivity index (χ3v) is 3.20. The van der Waals surface area contributed by atoms with Gasteiger partial charge in [0.25, 0.3) is 0 Å². The Balaban J connectivity index is 2.13. The Labute approximate surface area is 99.0 Å². The average molecular weight is 270 g/mol. The Bertz CT molecular complexity index is 334. The summed E-state index contributed by atoms with van der Waals surface area (Å²) in [6, 6.07) is 0. The second-order valence-electron chi connectivity index (χ2n) is 4.89. The molecule has 0 spiro atoms. The monoisotopic (exact) mass is 269 g/mol. The third-order valence-electron chi connectivity index (χ3n) is 2.79.